The Bertz CT molecular complexity index is 250. The SMILES string of the molecule is CCn1ccnc1NC1CCC1. The highest BCUT2D eigenvalue weighted by Crippen LogP contribution is 2.22. The van der Waals surface area contributed by atoms with Gasteiger partial charge in [-0.15, -0.1) is 0 Å². The molecule has 2 rings (SSSR count). The molecule has 0 atom stereocenters. The minimum Gasteiger partial charge on any atom is -0.353 e. The van der Waals surface area contributed by atoms with Crippen LogP contribution in [-0.2, 0) is 6.54 Å². The minimum absolute atomic E-state index is 0.678. The lowest BCUT2D eigenvalue weighted by atomic mass is 9.93. The van der Waals surface area contributed by atoms with E-state index in [0.717, 1.165) is 12.5 Å². The van der Waals surface area contributed by atoms with Crippen LogP contribution < -0.4 is 5.32 Å². The van der Waals surface area contributed by atoms with Crippen molar-refractivity contribution in [3.63, 3.8) is 0 Å². The van der Waals surface area contributed by atoms with Gasteiger partial charge in [0.1, 0.15) is 0 Å². The van der Waals surface area contributed by atoms with E-state index in [-0.39, 0.29) is 0 Å². The van der Waals surface area contributed by atoms with Crippen molar-refractivity contribution in [1.29, 1.82) is 0 Å². The first-order valence-electron chi connectivity index (χ1n) is 4.68. The predicted molar refractivity (Wildman–Crippen MR) is 49.2 cm³/mol. The third kappa shape index (κ3) is 1.31. The van der Waals surface area contributed by atoms with Gasteiger partial charge in [0.25, 0.3) is 0 Å². The summed E-state index contributed by atoms with van der Waals surface area (Å²) < 4.78 is 2.14. The Morgan fingerprint density at radius 1 is 1.67 bits per heavy atom. The molecule has 1 aromatic rings. The van der Waals surface area contributed by atoms with Crippen LogP contribution in [0.1, 0.15) is 26.2 Å². The molecular weight excluding hydrogens is 150 g/mol. The Hall–Kier alpha value is -0.990. The summed E-state index contributed by atoms with van der Waals surface area (Å²) in [5, 5.41) is 3.43. The van der Waals surface area contributed by atoms with Gasteiger partial charge in [0.15, 0.2) is 0 Å². The lowest BCUT2D eigenvalue weighted by Crippen LogP contribution is -2.28. The molecule has 0 aliphatic heterocycles. The second-order valence-corrected chi connectivity index (χ2v) is 3.31. The van der Waals surface area contributed by atoms with Gasteiger partial charge in [-0.2, -0.15) is 0 Å². The third-order valence-corrected chi connectivity index (χ3v) is 2.49. The zero-order chi connectivity index (χ0) is 8.39. The van der Waals surface area contributed by atoms with Gasteiger partial charge in [0, 0.05) is 25.0 Å². The summed E-state index contributed by atoms with van der Waals surface area (Å²) in [5.41, 5.74) is 0. The maximum absolute atomic E-state index is 4.26. The maximum Gasteiger partial charge on any atom is 0.202 e. The summed E-state index contributed by atoms with van der Waals surface area (Å²) in [6.07, 6.45) is 7.84. The first-order valence-corrected chi connectivity index (χ1v) is 4.68. The Morgan fingerprint density at radius 3 is 3.08 bits per heavy atom. The van der Waals surface area contributed by atoms with Crippen LogP contribution in [0.3, 0.4) is 0 Å². The van der Waals surface area contributed by atoms with Gasteiger partial charge in [0.05, 0.1) is 0 Å². The Morgan fingerprint density at radius 2 is 2.50 bits per heavy atom. The fourth-order valence-corrected chi connectivity index (χ4v) is 1.44. The summed E-state index contributed by atoms with van der Waals surface area (Å²) in [5.74, 6) is 1.03. The van der Waals surface area contributed by atoms with Gasteiger partial charge in [0.2, 0.25) is 5.95 Å². The van der Waals surface area contributed by atoms with Gasteiger partial charge in [-0.05, 0) is 26.2 Å². The zero-order valence-electron chi connectivity index (χ0n) is 7.45. The van der Waals surface area contributed by atoms with Crippen molar-refractivity contribution in [2.75, 3.05) is 5.32 Å². The summed E-state index contributed by atoms with van der Waals surface area (Å²) in [7, 11) is 0. The molecule has 12 heavy (non-hydrogen) atoms. The molecule has 0 bridgehead atoms. The Labute approximate surface area is 72.8 Å². The van der Waals surface area contributed by atoms with Crippen LogP contribution in [0.2, 0.25) is 0 Å². The van der Waals surface area contributed by atoms with Crippen molar-refractivity contribution >= 4 is 5.95 Å². The molecule has 1 fully saturated rings. The molecule has 1 heterocycles. The van der Waals surface area contributed by atoms with Crippen LogP contribution in [0, 0.1) is 0 Å². The number of hydrogen-bond acceptors (Lipinski definition) is 2. The van der Waals surface area contributed by atoms with E-state index in [1.807, 2.05) is 12.4 Å². The molecule has 1 N–H and O–H groups in total. The molecule has 3 heteroatoms. The molecule has 0 spiro atoms. The number of hydrogen-bond donors (Lipinski definition) is 1. The van der Waals surface area contributed by atoms with E-state index in [9.17, 15) is 0 Å². The molecule has 0 radical (unpaired) electrons. The molecule has 1 aromatic heterocycles. The number of nitrogens with one attached hydrogen (secondary N) is 1. The maximum atomic E-state index is 4.26. The molecule has 66 valence electrons. The number of aromatic nitrogens is 2. The molecule has 0 unspecified atom stereocenters. The lowest BCUT2D eigenvalue weighted by molar-refractivity contribution is 0.441. The predicted octanol–water partition coefficient (Wildman–Crippen LogP) is 1.87. The van der Waals surface area contributed by atoms with Crippen molar-refractivity contribution in [1.82, 2.24) is 9.55 Å². The molecule has 1 aliphatic carbocycles. The molecule has 1 saturated carbocycles. The van der Waals surface area contributed by atoms with Crippen molar-refractivity contribution in [2.24, 2.45) is 0 Å². The standard InChI is InChI=1S/C9H15N3/c1-2-12-7-6-10-9(12)11-8-4-3-5-8/h6-8H,2-5H2,1H3,(H,10,11). The second kappa shape index (κ2) is 3.17. The topological polar surface area (TPSA) is 29.9 Å². The van der Waals surface area contributed by atoms with Gasteiger partial charge in [-0.25, -0.2) is 4.98 Å². The number of rotatable bonds is 3. The fourth-order valence-electron chi connectivity index (χ4n) is 1.44. The zero-order valence-corrected chi connectivity index (χ0v) is 7.45. The molecule has 0 saturated heterocycles. The van der Waals surface area contributed by atoms with Crippen molar-refractivity contribution in [2.45, 2.75) is 38.8 Å². The van der Waals surface area contributed by atoms with E-state index in [1.54, 1.807) is 0 Å². The number of anilines is 1. The molecule has 1 aliphatic rings. The minimum atomic E-state index is 0.678. The van der Waals surface area contributed by atoms with Crippen LogP contribution in [0.4, 0.5) is 5.95 Å². The van der Waals surface area contributed by atoms with Gasteiger partial charge >= 0.3 is 0 Å². The average molecular weight is 165 g/mol. The summed E-state index contributed by atoms with van der Waals surface area (Å²) in [6.45, 7) is 3.13. The quantitative estimate of drug-likeness (QED) is 0.741. The lowest BCUT2D eigenvalue weighted by Gasteiger charge is -2.26. The van der Waals surface area contributed by atoms with Gasteiger partial charge in [-0.3, -0.25) is 0 Å². The highest BCUT2D eigenvalue weighted by Gasteiger charge is 2.18. The van der Waals surface area contributed by atoms with E-state index in [4.69, 9.17) is 0 Å². The van der Waals surface area contributed by atoms with Crippen molar-refractivity contribution in [3.8, 4) is 0 Å². The van der Waals surface area contributed by atoms with Crippen molar-refractivity contribution < 1.29 is 0 Å². The van der Waals surface area contributed by atoms with E-state index in [2.05, 4.69) is 21.8 Å². The van der Waals surface area contributed by atoms with E-state index in [1.165, 1.54) is 19.3 Å². The van der Waals surface area contributed by atoms with Crippen LogP contribution >= 0.6 is 0 Å². The first-order chi connectivity index (χ1) is 5.90. The Balaban J connectivity index is 2.00. The highest BCUT2D eigenvalue weighted by atomic mass is 15.2. The summed E-state index contributed by atoms with van der Waals surface area (Å²) in [4.78, 5) is 4.26. The van der Waals surface area contributed by atoms with Gasteiger partial charge < -0.3 is 9.88 Å². The van der Waals surface area contributed by atoms with Crippen LogP contribution in [0.15, 0.2) is 12.4 Å². The molecule has 3 nitrogen and oxygen atoms in total. The fraction of sp³-hybridized carbons (Fsp3) is 0.667. The molecule has 0 amide bonds. The summed E-state index contributed by atoms with van der Waals surface area (Å²) >= 11 is 0. The normalized spacial score (nSPS) is 17.4. The largest absolute Gasteiger partial charge is 0.353 e. The monoisotopic (exact) mass is 165 g/mol. The van der Waals surface area contributed by atoms with E-state index in [0.29, 0.717) is 6.04 Å². The Kier molecular flexibility index (Phi) is 2.02. The number of aryl methyl sites for hydroxylation is 1. The molecule has 0 aromatic carbocycles. The number of nitrogens with zero attached hydrogens (tertiary/aromatic N) is 2. The molecular formula is C9H15N3. The van der Waals surface area contributed by atoms with Crippen molar-refractivity contribution in [3.05, 3.63) is 12.4 Å². The second-order valence-electron chi connectivity index (χ2n) is 3.31. The van der Waals surface area contributed by atoms with Gasteiger partial charge in [-0.1, -0.05) is 0 Å². The van der Waals surface area contributed by atoms with E-state index < -0.39 is 0 Å². The third-order valence-electron chi connectivity index (χ3n) is 2.49. The number of imidazole rings is 1. The van der Waals surface area contributed by atoms with E-state index >= 15 is 0 Å². The smallest absolute Gasteiger partial charge is 0.202 e. The van der Waals surface area contributed by atoms with Crippen LogP contribution in [0.25, 0.3) is 0 Å². The average Bonchev–Trinajstić information content (AvgIpc) is 2.43. The van der Waals surface area contributed by atoms with Crippen LogP contribution in [0.5, 0.6) is 0 Å². The summed E-state index contributed by atoms with van der Waals surface area (Å²) in [6, 6.07) is 0.678. The highest BCUT2D eigenvalue weighted by molar-refractivity contribution is 5.28. The first kappa shape index (κ1) is 7.65. The van der Waals surface area contributed by atoms with Crippen LogP contribution in [-0.4, -0.2) is 15.6 Å².